The highest BCUT2D eigenvalue weighted by Crippen LogP contribution is 2.25. The molecule has 8 heteroatoms. The summed E-state index contributed by atoms with van der Waals surface area (Å²) in [7, 11) is 0. The number of aromatic nitrogens is 2. The van der Waals surface area contributed by atoms with Crippen molar-refractivity contribution in [3.63, 3.8) is 0 Å². The summed E-state index contributed by atoms with van der Waals surface area (Å²) in [5.41, 5.74) is 1.81. The van der Waals surface area contributed by atoms with Gasteiger partial charge >= 0.3 is 5.97 Å². The predicted octanol–water partition coefficient (Wildman–Crippen LogP) is 4.40. The van der Waals surface area contributed by atoms with E-state index in [0.29, 0.717) is 11.4 Å². The number of hydrogen-bond acceptors (Lipinski definition) is 4. The molecule has 6 nitrogen and oxygen atoms in total. The molecule has 3 aromatic rings. The van der Waals surface area contributed by atoms with Gasteiger partial charge in [0.15, 0.2) is 6.10 Å². The molecule has 1 amide bonds. The highest BCUT2D eigenvalue weighted by Gasteiger charge is 2.26. The second kappa shape index (κ2) is 9.09. The van der Waals surface area contributed by atoms with E-state index < -0.39 is 23.8 Å². The van der Waals surface area contributed by atoms with Gasteiger partial charge < -0.3 is 10.1 Å². The van der Waals surface area contributed by atoms with E-state index in [4.69, 9.17) is 16.3 Å². The number of carbonyl (C=O) groups is 2. The van der Waals surface area contributed by atoms with Crippen LogP contribution in [0.3, 0.4) is 0 Å². The quantitative estimate of drug-likeness (QED) is 0.589. The SMILES string of the molecule is Cc1nn(-c2ccc(F)cc2)c(Cl)c1C(=O)OC(C)C(=O)NC(C)c1ccccc1. The molecule has 0 aliphatic rings. The van der Waals surface area contributed by atoms with Crippen LogP contribution in [-0.4, -0.2) is 27.8 Å². The molecule has 0 aliphatic carbocycles. The largest absolute Gasteiger partial charge is 0.449 e. The van der Waals surface area contributed by atoms with Crippen LogP contribution in [-0.2, 0) is 9.53 Å². The zero-order valence-corrected chi connectivity index (χ0v) is 17.5. The van der Waals surface area contributed by atoms with Crippen LogP contribution in [0, 0.1) is 12.7 Å². The van der Waals surface area contributed by atoms with E-state index in [9.17, 15) is 14.0 Å². The summed E-state index contributed by atoms with van der Waals surface area (Å²) < 4.78 is 19.8. The van der Waals surface area contributed by atoms with Gasteiger partial charge in [-0.15, -0.1) is 0 Å². The first-order valence-corrected chi connectivity index (χ1v) is 9.73. The zero-order valence-electron chi connectivity index (χ0n) is 16.7. The molecule has 156 valence electrons. The lowest BCUT2D eigenvalue weighted by molar-refractivity contribution is -0.129. The van der Waals surface area contributed by atoms with Crippen molar-refractivity contribution in [2.24, 2.45) is 0 Å². The second-order valence-corrected chi connectivity index (χ2v) is 7.19. The lowest BCUT2D eigenvalue weighted by atomic mass is 10.1. The highest BCUT2D eigenvalue weighted by molar-refractivity contribution is 6.33. The molecule has 0 saturated heterocycles. The summed E-state index contributed by atoms with van der Waals surface area (Å²) in [6, 6.07) is 14.7. The van der Waals surface area contributed by atoms with Crippen molar-refractivity contribution in [1.82, 2.24) is 15.1 Å². The molecule has 2 atom stereocenters. The number of rotatable bonds is 6. The summed E-state index contributed by atoms with van der Waals surface area (Å²) in [5, 5.41) is 7.07. The van der Waals surface area contributed by atoms with E-state index in [1.807, 2.05) is 37.3 Å². The predicted molar refractivity (Wildman–Crippen MR) is 111 cm³/mol. The van der Waals surface area contributed by atoms with E-state index in [0.717, 1.165) is 5.56 Å². The fourth-order valence-electron chi connectivity index (χ4n) is 2.91. The summed E-state index contributed by atoms with van der Waals surface area (Å²) in [6.07, 6.45) is -1.03. The van der Waals surface area contributed by atoms with Crippen LogP contribution in [0.15, 0.2) is 54.6 Å². The van der Waals surface area contributed by atoms with Gasteiger partial charge in [0, 0.05) is 0 Å². The molecular weight excluding hydrogens is 409 g/mol. The third kappa shape index (κ3) is 4.68. The minimum atomic E-state index is -1.03. The Hall–Kier alpha value is -3.19. The number of benzene rings is 2. The van der Waals surface area contributed by atoms with Crippen LogP contribution in [0.25, 0.3) is 5.69 Å². The molecule has 2 unspecified atom stereocenters. The van der Waals surface area contributed by atoms with Crippen molar-refractivity contribution in [3.05, 3.63) is 82.4 Å². The summed E-state index contributed by atoms with van der Waals surface area (Å²) in [4.78, 5) is 25.1. The summed E-state index contributed by atoms with van der Waals surface area (Å²) in [5.74, 6) is -1.59. The topological polar surface area (TPSA) is 73.2 Å². The number of nitrogens with one attached hydrogen (secondary N) is 1. The zero-order chi connectivity index (χ0) is 21.8. The van der Waals surface area contributed by atoms with Gasteiger partial charge in [-0.05, 0) is 50.6 Å². The standard InChI is InChI=1S/C22H21ClFN3O3/c1-13(16-7-5-4-6-8-16)25-21(28)15(3)30-22(29)19-14(2)26-27(20(19)23)18-11-9-17(24)10-12-18/h4-13,15H,1-3H3,(H,25,28). The summed E-state index contributed by atoms with van der Waals surface area (Å²) in [6.45, 7) is 4.93. The number of aryl methyl sites for hydroxylation is 1. The first-order chi connectivity index (χ1) is 14.3. The number of carbonyl (C=O) groups excluding carboxylic acids is 2. The smallest absolute Gasteiger partial charge is 0.344 e. The molecule has 1 heterocycles. The molecule has 0 spiro atoms. The third-order valence-electron chi connectivity index (χ3n) is 4.59. The van der Waals surface area contributed by atoms with E-state index in [2.05, 4.69) is 10.4 Å². The molecule has 0 aliphatic heterocycles. The first-order valence-electron chi connectivity index (χ1n) is 9.35. The molecule has 0 fully saturated rings. The Morgan fingerprint density at radius 3 is 2.37 bits per heavy atom. The van der Waals surface area contributed by atoms with Crippen LogP contribution in [0.4, 0.5) is 4.39 Å². The van der Waals surface area contributed by atoms with Crippen molar-refractivity contribution >= 4 is 23.5 Å². The van der Waals surface area contributed by atoms with Crippen molar-refractivity contribution in [2.75, 3.05) is 0 Å². The Kier molecular flexibility index (Phi) is 6.52. The molecule has 1 N–H and O–H groups in total. The Labute approximate surface area is 178 Å². The molecular formula is C22H21ClFN3O3. The maximum absolute atomic E-state index is 13.2. The Bertz CT molecular complexity index is 1050. The van der Waals surface area contributed by atoms with Crippen LogP contribution in [0.2, 0.25) is 5.15 Å². The van der Waals surface area contributed by atoms with Crippen LogP contribution >= 0.6 is 11.6 Å². The van der Waals surface area contributed by atoms with Gasteiger partial charge in [-0.1, -0.05) is 41.9 Å². The van der Waals surface area contributed by atoms with Crippen molar-refractivity contribution < 1.29 is 18.7 Å². The average Bonchev–Trinajstić information content (AvgIpc) is 3.03. The van der Waals surface area contributed by atoms with Crippen LogP contribution < -0.4 is 5.32 Å². The van der Waals surface area contributed by atoms with Gasteiger partial charge in [-0.25, -0.2) is 13.9 Å². The van der Waals surface area contributed by atoms with E-state index >= 15 is 0 Å². The lowest BCUT2D eigenvalue weighted by Crippen LogP contribution is -2.37. The minimum absolute atomic E-state index is 0.0226. The second-order valence-electron chi connectivity index (χ2n) is 6.83. The molecule has 30 heavy (non-hydrogen) atoms. The third-order valence-corrected chi connectivity index (χ3v) is 4.94. The fourth-order valence-corrected chi connectivity index (χ4v) is 3.26. The van der Waals surface area contributed by atoms with Gasteiger partial charge in [0.1, 0.15) is 16.5 Å². The van der Waals surface area contributed by atoms with Crippen molar-refractivity contribution in [3.8, 4) is 5.69 Å². The summed E-state index contributed by atoms with van der Waals surface area (Å²) >= 11 is 6.33. The number of nitrogens with zero attached hydrogens (tertiary/aromatic N) is 2. The number of esters is 1. The van der Waals surface area contributed by atoms with Crippen LogP contribution in [0.5, 0.6) is 0 Å². The number of ether oxygens (including phenoxy) is 1. The molecule has 1 aromatic heterocycles. The van der Waals surface area contributed by atoms with Crippen molar-refractivity contribution in [2.45, 2.75) is 32.9 Å². The lowest BCUT2D eigenvalue weighted by Gasteiger charge is -2.18. The minimum Gasteiger partial charge on any atom is -0.449 e. The van der Waals surface area contributed by atoms with Gasteiger partial charge in [0.05, 0.1) is 17.4 Å². The highest BCUT2D eigenvalue weighted by atomic mass is 35.5. The molecule has 0 radical (unpaired) electrons. The maximum atomic E-state index is 13.2. The molecule has 3 rings (SSSR count). The van der Waals surface area contributed by atoms with Crippen LogP contribution in [0.1, 0.15) is 41.5 Å². The normalized spacial score (nSPS) is 12.8. The molecule has 2 aromatic carbocycles. The molecule has 0 bridgehead atoms. The average molecular weight is 430 g/mol. The monoisotopic (exact) mass is 429 g/mol. The Balaban J connectivity index is 1.71. The number of halogens is 2. The van der Waals surface area contributed by atoms with E-state index in [1.54, 1.807) is 6.92 Å². The van der Waals surface area contributed by atoms with Crippen molar-refractivity contribution in [1.29, 1.82) is 0 Å². The van der Waals surface area contributed by atoms with Gasteiger partial charge in [0.2, 0.25) is 0 Å². The van der Waals surface area contributed by atoms with E-state index in [-0.39, 0.29) is 16.8 Å². The maximum Gasteiger partial charge on any atom is 0.344 e. The number of hydrogen-bond donors (Lipinski definition) is 1. The number of amides is 1. The fraction of sp³-hybridized carbons (Fsp3) is 0.227. The Morgan fingerprint density at radius 1 is 1.10 bits per heavy atom. The Morgan fingerprint density at radius 2 is 1.73 bits per heavy atom. The van der Waals surface area contributed by atoms with Gasteiger partial charge in [-0.2, -0.15) is 5.10 Å². The van der Waals surface area contributed by atoms with E-state index in [1.165, 1.54) is 35.9 Å². The van der Waals surface area contributed by atoms with Gasteiger partial charge in [-0.3, -0.25) is 4.79 Å². The first kappa shape index (κ1) is 21.5. The molecule has 0 saturated carbocycles. The van der Waals surface area contributed by atoms with Gasteiger partial charge in [0.25, 0.3) is 5.91 Å².